The van der Waals surface area contributed by atoms with Crippen LogP contribution in [-0.2, 0) is 11.3 Å². The first-order valence-electron chi connectivity index (χ1n) is 13.0. The maximum atomic E-state index is 13.9. The fraction of sp³-hybridized carbons (Fsp3) is 0.448. The van der Waals surface area contributed by atoms with Crippen molar-refractivity contribution in [3.05, 3.63) is 53.6 Å². The van der Waals surface area contributed by atoms with Crippen LogP contribution >= 0.6 is 0 Å². The number of likely N-dealkylation sites (N-methyl/N-ethyl adjacent to an activating group) is 2. The van der Waals surface area contributed by atoms with E-state index in [1.807, 2.05) is 61.0 Å². The van der Waals surface area contributed by atoms with Gasteiger partial charge in [-0.25, -0.2) is 0 Å². The maximum Gasteiger partial charge on any atom is 0.250 e. The fourth-order valence-corrected chi connectivity index (χ4v) is 4.70. The molecule has 0 radical (unpaired) electrons. The second kappa shape index (κ2) is 13.4. The highest BCUT2D eigenvalue weighted by molar-refractivity contribution is 5.94. The average Bonchev–Trinajstić information content (AvgIpc) is 3.07. The number of aromatic nitrogens is 1. The third-order valence-corrected chi connectivity index (χ3v) is 6.48. The number of carbonyl (C=O) groups is 1. The van der Waals surface area contributed by atoms with Crippen molar-refractivity contribution in [1.29, 1.82) is 5.26 Å². The number of carbonyl (C=O) groups excluding carboxylic acids is 1. The molecule has 2 atom stereocenters. The number of rotatable bonds is 8. The van der Waals surface area contributed by atoms with Crippen LogP contribution in [0.3, 0.4) is 0 Å². The molecule has 2 aliphatic heterocycles. The third-order valence-electron chi connectivity index (χ3n) is 6.48. The van der Waals surface area contributed by atoms with E-state index >= 15 is 0 Å². The normalized spacial score (nSPS) is 18.4. The molecule has 2 bridgehead atoms. The number of nitrogens with one attached hydrogen (secondary N) is 1. The number of hydrogen-bond acceptors (Lipinski definition) is 7. The van der Waals surface area contributed by atoms with E-state index < -0.39 is 6.04 Å². The fourth-order valence-electron chi connectivity index (χ4n) is 4.70. The number of fused-ring (bicyclic) bond motifs is 3. The summed E-state index contributed by atoms with van der Waals surface area (Å²) in [5.41, 5.74) is 1.39. The van der Waals surface area contributed by atoms with Gasteiger partial charge in [0.05, 0.1) is 36.7 Å². The van der Waals surface area contributed by atoms with Gasteiger partial charge in [0.1, 0.15) is 17.9 Å². The maximum absolute atomic E-state index is 13.9. The van der Waals surface area contributed by atoms with Gasteiger partial charge in [-0.3, -0.25) is 19.7 Å². The Bertz CT molecular complexity index is 1240. The molecule has 0 spiro atoms. The van der Waals surface area contributed by atoms with E-state index in [1.54, 1.807) is 24.4 Å². The Morgan fingerprint density at radius 3 is 2.76 bits per heavy atom. The highest BCUT2D eigenvalue weighted by Gasteiger charge is 2.43. The highest BCUT2D eigenvalue weighted by Crippen LogP contribution is 2.33. The SMILES string of the molecule is CC.CC#CCN1C(N(C)CCNCC)=C(C#N)C2CC1C(=O)N(Cc1nccc3ccccc13)C=N2. The van der Waals surface area contributed by atoms with E-state index in [1.165, 1.54) is 0 Å². The number of nitriles is 1. The van der Waals surface area contributed by atoms with Gasteiger partial charge >= 0.3 is 0 Å². The van der Waals surface area contributed by atoms with Crippen molar-refractivity contribution in [2.24, 2.45) is 4.99 Å². The summed E-state index contributed by atoms with van der Waals surface area (Å²) in [5.74, 6) is 6.74. The molecule has 0 saturated heterocycles. The van der Waals surface area contributed by atoms with Crippen LogP contribution in [0.4, 0.5) is 0 Å². The quantitative estimate of drug-likeness (QED) is 0.443. The lowest BCUT2D eigenvalue weighted by molar-refractivity contribution is -0.133. The summed E-state index contributed by atoms with van der Waals surface area (Å²) < 4.78 is 0. The van der Waals surface area contributed by atoms with Crippen molar-refractivity contribution in [3.8, 4) is 17.9 Å². The topological polar surface area (TPSA) is 87.9 Å². The zero-order valence-corrected chi connectivity index (χ0v) is 22.5. The van der Waals surface area contributed by atoms with Crippen LogP contribution in [0.25, 0.3) is 10.8 Å². The van der Waals surface area contributed by atoms with Crippen molar-refractivity contribution < 1.29 is 4.79 Å². The van der Waals surface area contributed by atoms with Crippen molar-refractivity contribution in [2.75, 3.05) is 33.2 Å². The molecular weight excluding hydrogens is 462 g/mol. The van der Waals surface area contributed by atoms with Crippen LogP contribution in [-0.4, -0.2) is 77.2 Å². The first-order chi connectivity index (χ1) is 18.1. The molecule has 194 valence electrons. The van der Waals surface area contributed by atoms with Gasteiger partial charge in [0, 0.05) is 38.1 Å². The van der Waals surface area contributed by atoms with Crippen LogP contribution in [0.2, 0.25) is 0 Å². The van der Waals surface area contributed by atoms with Gasteiger partial charge in [-0.15, -0.1) is 5.92 Å². The molecule has 1 aromatic carbocycles. The molecule has 1 amide bonds. The van der Waals surface area contributed by atoms with Crippen molar-refractivity contribution in [2.45, 2.75) is 52.7 Å². The summed E-state index contributed by atoms with van der Waals surface area (Å²) in [5, 5.41) is 15.5. The summed E-state index contributed by atoms with van der Waals surface area (Å²) in [4.78, 5) is 28.8. The lowest BCUT2D eigenvalue weighted by Gasteiger charge is -2.42. The second-order valence-electron chi connectivity index (χ2n) is 8.66. The molecular formula is C29H37N7O. The smallest absolute Gasteiger partial charge is 0.250 e. The summed E-state index contributed by atoms with van der Waals surface area (Å²) in [6.45, 7) is 10.9. The number of amides is 1. The third kappa shape index (κ3) is 6.10. The van der Waals surface area contributed by atoms with Crippen LogP contribution in [0.15, 0.2) is 52.9 Å². The van der Waals surface area contributed by atoms with E-state index in [9.17, 15) is 10.1 Å². The monoisotopic (exact) mass is 499 g/mol. The average molecular weight is 500 g/mol. The molecule has 8 heteroatoms. The standard InChI is InChI=1S/C27H31N7O.C2H6/c1-4-6-14-34-25-16-23(22(17-28)26(34)32(3)15-13-29-5-2)31-19-33(27(25)35)18-24-21-10-8-7-9-20(21)11-12-30-24;1-2/h7-12,19,23,25,29H,5,13-16,18H2,1-3H3;1-2H3. The Kier molecular flexibility index (Phi) is 10.1. The molecule has 0 fully saturated rings. The predicted octanol–water partition coefficient (Wildman–Crippen LogP) is 3.37. The summed E-state index contributed by atoms with van der Waals surface area (Å²) in [7, 11) is 1.96. The van der Waals surface area contributed by atoms with E-state index in [-0.39, 0.29) is 11.9 Å². The molecule has 3 heterocycles. The van der Waals surface area contributed by atoms with E-state index in [2.05, 4.69) is 35.1 Å². The first-order valence-corrected chi connectivity index (χ1v) is 13.0. The Morgan fingerprint density at radius 1 is 1.24 bits per heavy atom. The molecule has 8 nitrogen and oxygen atoms in total. The van der Waals surface area contributed by atoms with Crippen molar-refractivity contribution >= 4 is 23.0 Å². The zero-order chi connectivity index (χ0) is 26.8. The molecule has 2 aromatic rings. The minimum Gasteiger partial charge on any atom is -0.359 e. The lowest BCUT2D eigenvalue weighted by Crippen LogP contribution is -2.53. The Hall–Kier alpha value is -3.88. The van der Waals surface area contributed by atoms with Gasteiger partial charge in [0.2, 0.25) is 0 Å². The van der Waals surface area contributed by atoms with Crippen LogP contribution < -0.4 is 5.32 Å². The lowest BCUT2D eigenvalue weighted by atomic mass is 9.93. The molecule has 2 aliphatic rings. The van der Waals surface area contributed by atoms with E-state index in [4.69, 9.17) is 4.99 Å². The van der Waals surface area contributed by atoms with Gasteiger partial charge in [-0.05, 0) is 24.9 Å². The van der Waals surface area contributed by atoms with Crippen LogP contribution in [0.5, 0.6) is 0 Å². The van der Waals surface area contributed by atoms with Crippen molar-refractivity contribution in [3.63, 3.8) is 0 Å². The zero-order valence-electron chi connectivity index (χ0n) is 22.5. The molecule has 0 aliphatic carbocycles. The van der Waals surface area contributed by atoms with E-state index in [0.29, 0.717) is 31.6 Å². The Morgan fingerprint density at radius 2 is 2.03 bits per heavy atom. The summed E-state index contributed by atoms with van der Waals surface area (Å²) in [6.07, 6.45) is 3.82. The highest BCUT2D eigenvalue weighted by atomic mass is 16.2. The first kappa shape index (κ1) is 27.7. The number of benzene rings is 1. The number of pyridine rings is 1. The summed E-state index contributed by atoms with van der Waals surface area (Å²) >= 11 is 0. The van der Waals surface area contributed by atoms with E-state index in [0.717, 1.165) is 35.4 Å². The molecule has 2 unspecified atom stereocenters. The second-order valence-corrected chi connectivity index (χ2v) is 8.66. The molecule has 1 N–H and O–H groups in total. The molecule has 4 rings (SSSR count). The van der Waals surface area contributed by atoms with Gasteiger partial charge < -0.3 is 15.1 Å². The predicted molar refractivity (Wildman–Crippen MR) is 148 cm³/mol. The number of nitrogens with zero attached hydrogens (tertiary/aromatic N) is 6. The van der Waals surface area contributed by atoms with Gasteiger partial charge in [0.15, 0.2) is 0 Å². The Balaban J connectivity index is 0.00000186. The van der Waals surface area contributed by atoms with Crippen molar-refractivity contribution in [1.82, 2.24) is 25.0 Å². The largest absolute Gasteiger partial charge is 0.359 e. The van der Waals surface area contributed by atoms with Gasteiger partial charge in [0.25, 0.3) is 5.91 Å². The van der Waals surface area contributed by atoms with Crippen LogP contribution in [0, 0.1) is 23.2 Å². The Labute approximate surface area is 220 Å². The minimum absolute atomic E-state index is 0.0570. The summed E-state index contributed by atoms with van der Waals surface area (Å²) in [6, 6.07) is 11.5. The number of aliphatic imine (C=N–C) groups is 1. The van der Waals surface area contributed by atoms with Crippen LogP contribution in [0.1, 0.15) is 39.8 Å². The number of hydrogen-bond donors (Lipinski definition) is 1. The molecule has 37 heavy (non-hydrogen) atoms. The molecule has 1 aromatic heterocycles. The molecule has 0 saturated carbocycles. The van der Waals surface area contributed by atoms with Gasteiger partial charge in [-0.1, -0.05) is 51.0 Å². The minimum atomic E-state index is -0.466. The van der Waals surface area contributed by atoms with Gasteiger partial charge in [-0.2, -0.15) is 5.26 Å².